The second kappa shape index (κ2) is 8.14. The van der Waals surface area contributed by atoms with E-state index in [2.05, 4.69) is 49.9 Å². The summed E-state index contributed by atoms with van der Waals surface area (Å²) in [6.07, 6.45) is 0. The summed E-state index contributed by atoms with van der Waals surface area (Å²) in [4.78, 5) is 2.41. The zero-order valence-corrected chi connectivity index (χ0v) is 14.7. The van der Waals surface area contributed by atoms with Crippen LogP contribution in [0.4, 0.5) is 0 Å². The standard InChI is InChI=1S/C20H28N2O/c1-15-11-16(2)20(17(3)12-15)14-22(10-9-21)13-18-5-7-19(23-4)8-6-18/h5-8,11-12H,9-10,13-14,21H2,1-4H3. The fourth-order valence-electron chi connectivity index (χ4n) is 3.07. The van der Waals surface area contributed by atoms with E-state index in [-0.39, 0.29) is 0 Å². The van der Waals surface area contributed by atoms with E-state index in [1.165, 1.54) is 27.8 Å². The topological polar surface area (TPSA) is 38.5 Å². The number of hydrogen-bond acceptors (Lipinski definition) is 3. The molecule has 0 aromatic heterocycles. The molecule has 3 heteroatoms. The molecule has 0 bridgehead atoms. The van der Waals surface area contributed by atoms with Gasteiger partial charge in [0.05, 0.1) is 7.11 Å². The Bertz CT molecular complexity index is 612. The number of benzene rings is 2. The first-order valence-electron chi connectivity index (χ1n) is 8.15. The normalized spacial score (nSPS) is 11.0. The van der Waals surface area contributed by atoms with E-state index in [0.717, 1.165) is 25.4 Å². The zero-order valence-electron chi connectivity index (χ0n) is 14.7. The molecule has 3 nitrogen and oxygen atoms in total. The van der Waals surface area contributed by atoms with Crippen LogP contribution in [0.15, 0.2) is 36.4 Å². The number of nitrogens with zero attached hydrogens (tertiary/aromatic N) is 1. The fraction of sp³-hybridized carbons (Fsp3) is 0.400. The lowest BCUT2D eigenvalue weighted by Crippen LogP contribution is -2.29. The first-order valence-corrected chi connectivity index (χ1v) is 8.15. The average Bonchev–Trinajstić information content (AvgIpc) is 2.51. The van der Waals surface area contributed by atoms with E-state index >= 15 is 0 Å². The van der Waals surface area contributed by atoms with Gasteiger partial charge in [-0.3, -0.25) is 4.90 Å². The maximum Gasteiger partial charge on any atom is 0.118 e. The summed E-state index contributed by atoms with van der Waals surface area (Å²) in [6, 6.07) is 12.8. The van der Waals surface area contributed by atoms with Gasteiger partial charge in [-0.2, -0.15) is 0 Å². The largest absolute Gasteiger partial charge is 0.497 e. The Labute approximate surface area is 140 Å². The molecule has 2 N–H and O–H groups in total. The van der Waals surface area contributed by atoms with E-state index in [9.17, 15) is 0 Å². The van der Waals surface area contributed by atoms with Crippen molar-refractivity contribution in [1.82, 2.24) is 4.90 Å². The Hall–Kier alpha value is -1.84. The third-order valence-electron chi connectivity index (χ3n) is 4.23. The Morgan fingerprint density at radius 2 is 1.57 bits per heavy atom. The Balaban J connectivity index is 2.15. The minimum absolute atomic E-state index is 0.667. The lowest BCUT2D eigenvalue weighted by Gasteiger charge is -2.24. The van der Waals surface area contributed by atoms with Crippen LogP contribution in [0, 0.1) is 20.8 Å². The predicted octanol–water partition coefficient (Wildman–Crippen LogP) is 3.58. The molecule has 0 aliphatic carbocycles. The van der Waals surface area contributed by atoms with Crippen LogP contribution in [0.5, 0.6) is 5.75 Å². The van der Waals surface area contributed by atoms with Crippen molar-refractivity contribution in [3.8, 4) is 5.75 Å². The van der Waals surface area contributed by atoms with Crippen molar-refractivity contribution in [3.63, 3.8) is 0 Å². The van der Waals surface area contributed by atoms with Gasteiger partial charge in [-0.25, -0.2) is 0 Å². The Morgan fingerprint density at radius 1 is 0.957 bits per heavy atom. The summed E-state index contributed by atoms with van der Waals surface area (Å²) >= 11 is 0. The first-order chi connectivity index (χ1) is 11.0. The molecule has 124 valence electrons. The number of aryl methyl sites for hydroxylation is 3. The van der Waals surface area contributed by atoms with Crippen molar-refractivity contribution in [2.75, 3.05) is 20.2 Å². The van der Waals surface area contributed by atoms with Crippen LogP contribution in [0.2, 0.25) is 0 Å². The second-order valence-electron chi connectivity index (χ2n) is 6.22. The maximum absolute atomic E-state index is 5.82. The molecule has 2 rings (SSSR count). The molecule has 0 aliphatic rings. The summed E-state index contributed by atoms with van der Waals surface area (Å²) < 4.78 is 5.23. The van der Waals surface area contributed by atoms with Crippen LogP contribution in [-0.4, -0.2) is 25.1 Å². The molecular weight excluding hydrogens is 284 g/mol. The summed E-state index contributed by atoms with van der Waals surface area (Å²) in [5, 5.41) is 0. The second-order valence-corrected chi connectivity index (χ2v) is 6.22. The minimum atomic E-state index is 0.667. The number of ether oxygens (including phenoxy) is 1. The van der Waals surface area contributed by atoms with E-state index in [0.29, 0.717) is 6.54 Å². The lowest BCUT2D eigenvalue weighted by atomic mass is 9.99. The third kappa shape index (κ3) is 4.81. The Kier molecular flexibility index (Phi) is 6.20. The van der Waals surface area contributed by atoms with E-state index in [1.54, 1.807) is 7.11 Å². The van der Waals surface area contributed by atoms with Gasteiger partial charge in [0.1, 0.15) is 5.75 Å². The quantitative estimate of drug-likeness (QED) is 0.849. The molecule has 0 amide bonds. The summed E-state index contributed by atoms with van der Waals surface area (Å²) in [5.41, 5.74) is 12.6. The van der Waals surface area contributed by atoms with Crippen molar-refractivity contribution < 1.29 is 4.74 Å². The highest BCUT2D eigenvalue weighted by Gasteiger charge is 2.11. The van der Waals surface area contributed by atoms with Gasteiger partial charge in [0.25, 0.3) is 0 Å². The average molecular weight is 312 g/mol. The number of rotatable bonds is 7. The SMILES string of the molecule is COc1ccc(CN(CCN)Cc2c(C)cc(C)cc2C)cc1. The van der Waals surface area contributed by atoms with Crippen molar-refractivity contribution in [2.45, 2.75) is 33.9 Å². The molecule has 0 aliphatic heterocycles. The molecule has 2 aromatic carbocycles. The van der Waals surface area contributed by atoms with Crippen LogP contribution in [0.3, 0.4) is 0 Å². The van der Waals surface area contributed by atoms with Gasteiger partial charge in [0.2, 0.25) is 0 Å². The predicted molar refractivity (Wildman–Crippen MR) is 96.8 cm³/mol. The molecule has 0 unspecified atom stereocenters. The molecule has 0 fully saturated rings. The summed E-state index contributed by atoms with van der Waals surface area (Å²) in [5.74, 6) is 0.893. The van der Waals surface area contributed by atoms with Gasteiger partial charge >= 0.3 is 0 Å². The molecule has 2 aromatic rings. The molecule has 0 spiro atoms. The van der Waals surface area contributed by atoms with Crippen LogP contribution in [0.25, 0.3) is 0 Å². The summed E-state index contributed by atoms with van der Waals surface area (Å²) in [7, 11) is 1.69. The highest BCUT2D eigenvalue weighted by molar-refractivity contribution is 5.37. The van der Waals surface area contributed by atoms with Crippen molar-refractivity contribution in [1.29, 1.82) is 0 Å². The summed E-state index contributed by atoms with van der Waals surface area (Å²) in [6.45, 7) is 9.93. The molecule has 0 heterocycles. The van der Waals surface area contributed by atoms with Crippen LogP contribution < -0.4 is 10.5 Å². The molecule has 0 saturated carbocycles. The highest BCUT2D eigenvalue weighted by atomic mass is 16.5. The molecule has 0 saturated heterocycles. The van der Waals surface area contributed by atoms with Gasteiger partial charge in [0.15, 0.2) is 0 Å². The third-order valence-corrected chi connectivity index (χ3v) is 4.23. The fourth-order valence-corrected chi connectivity index (χ4v) is 3.07. The van der Waals surface area contributed by atoms with Crippen LogP contribution in [-0.2, 0) is 13.1 Å². The van der Waals surface area contributed by atoms with Gasteiger partial charge in [-0.1, -0.05) is 29.8 Å². The highest BCUT2D eigenvalue weighted by Crippen LogP contribution is 2.20. The number of hydrogen-bond donors (Lipinski definition) is 1. The van der Waals surface area contributed by atoms with Crippen molar-refractivity contribution in [2.24, 2.45) is 5.73 Å². The van der Waals surface area contributed by atoms with Gasteiger partial charge in [0, 0.05) is 26.2 Å². The zero-order chi connectivity index (χ0) is 16.8. The number of methoxy groups -OCH3 is 1. The van der Waals surface area contributed by atoms with E-state index in [1.807, 2.05) is 12.1 Å². The van der Waals surface area contributed by atoms with Crippen LogP contribution >= 0.6 is 0 Å². The van der Waals surface area contributed by atoms with Crippen molar-refractivity contribution in [3.05, 3.63) is 64.2 Å². The smallest absolute Gasteiger partial charge is 0.118 e. The van der Waals surface area contributed by atoms with Gasteiger partial charge in [-0.15, -0.1) is 0 Å². The molecule has 0 radical (unpaired) electrons. The van der Waals surface area contributed by atoms with Gasteiger partial charge < -0.3 is 10.5 Å². The maximum atomic E-state index is 5.82. The minimum Gasteiger partial charge on any atom is -0.497 e. The molecule has 0 atom stereocenters. The van der Waals surface area contributed by atoms with Crippen molar-refractivity contribution >= 4 is 0 Å². The lowest BCUT2D eigenvalue weighted by molar-refractivity contribution is 0.263. The monoisotopic (exact) mass is 312 g/mol. The first kappa shape index (κ1) is 17.5. The van der Waals surface area contributed by atoms with E-state index in [4.69, 9.17) is 10.5 Å². The van der Waals surface area contributed by atoms with E-state index < -0.39 is 0 Å². The van der Waals surface area contributed by atoms with Gasteiger partial charge in [-0.05, 0) is 55.2 Å². The number of nitrogens with two attached hydrogens (primary N) is 1. The molecule has 23 heavy (non-hydrogen) atoms. The van der Waals surface area contributed by atoms with Crippen LogP contribution in [0.1, 0.15) is 27.8 Å². The molecular formula is C20H28N2O. The Morgan fingerprint density at radius 3 is 2.09 bits per heavy atom.